The molecule has 0 aliphatic carbocycles. The molecular formula is C20H30N2O3. The molecule has 25 heavy (non-hydrogen) atoms. The van der Waals surface area contributed by atoms with Gasteiger partial charge in [-0.3, -0.25) is 14.5 Å². The van der Waals surface area contributed by atoms with Crippen molar-refractivity contribution in [1.29, 1.82) is 0 Å². The van der Waals surface area contributed by atoms with Gasteiger partial charge in [-0.15, -0.1) is 0 Å². The predicted octanol–water partition coefficient (Wildman–Crippen LogP) is 2.40. The van der Waals surface area contributed by atoms with Gasteiger partial charge in [0.15, 0.2) is 5.78 Å². The van der Waals surface area contributed by atoms with E-state index in [-0.39, 0.29) is 29.9 Å². The molecule has 5 heteroatoms. The number of benzene rings is 1. The van der Waals surface area contributed by atoms with Gasteiger partial charge in [-0.2, -0.15) is 0 Å². The van der Waals surface area contributed by atoms with Crippen molar-refractivity contribution in [1.82, 2.24) is 10.2 Å². The Morgan fingerprint density at radius 2 is 1.72 bits per heavy atom. The summed E-state index contributed by atoms with van der Waals surface area (Å²) in [6.07, 6.45) is 0.487. The minimum Gasteiger partial charge on any atom is -0.379 e. The number of carbonyl (C=O) groups is 2. The number of nitrogens with zero attached hydrogens (tertiary/aromatic N) is 1. The zero-order valence-corrected chi connectivity index (χ0v) is 15.6. The van der Waals surface area contributed by atoms with Gasteiger partial charge in [0.2, 0.25) is 5.91 Å². The second-order valence-electron chi connectivity index (χ2n) is 7.55. The van der Waals surface area contributed by atoms with E-state index in [2.05, 4.69) is 31.0 Å². The number of hydrogen-bond acceptors (Lipinski definition) is 4. The zero-order valence-electron chi connectivity index (χ0n) is 15.6. The van der Waals surface area contributed by atoms with E-state index in [1.807, 2.05) is 24.3 Å². The Labute approximate surface area is 150 Å². The third-order valence-electron chi connectivity index (χ3n) is 4.51. The summed E-state index contributed by atoms with van der Waals surface area (Å²) >= 11 is 0. The van der Waals surface area contributed by atoms with E-state index in [9.17, 15) is 9.59 Å². The highest BCUT2D eigenvalue weighted by Crippen LogP contribution is 2.22. The van der Waals surface area contributed by atoms with E-state index < -0.39 is 0 Å². The number of nitrogens with one attached hydrogen (secondary N) is 1. The van der Waals surface area contributed by atoms with Crippen LogP contribution in [0.3, 0.4) is 0 Å². The van der Waals surface area contributed by atoms with Crippen molar-refractivity contribution in [2.24, 2.45) is 0 Å². The molecule has 1 fully saturated rings. The Kier molecular flexibility index (Phi) is 7.14. The van der Waals surface area contributed by atoms with Crippen LogP contribution in [0, 0.1) is 0 Å². The van der Waals surface area contributed by atoms with E-state index in [1.54, 1.807) is 0 Å². The number of morpholine rings is 1. The van der Waals surface area contributed by atoms with E-state index in [0.717, 1.165) is 32.8 Å². The first kappa shape index (κ1) is 19.6. The van der Waals surface area contributed by atoms with Crippen LogP contribution in [0.15, 0.2) is 24.3 Å². The van der Waals surface area contributed by atoms with Gasteiger partial charge in [-0.05, 0) is 11.0 Å². The van der Waals surface area contributed by atoms with Crippen LogP contribution in [-0.4, -0.2) is 56.0 Å². The minimum atomic E-state index is -0.0621. The maximum atomic E-state index is 12.2. The van der Waals surface area contributed by atoms with Crippen LogP contribution in [0.1, 0.15) is 49.5 Å². The van der Waals surface area contributed by atoms with Gasteiger partial charge in [-0.25, -0.2) is 0 Å². The Hall–Kier alpha value is -1.72. The van der Waals surface area contributed by atoms with E-state index in [1.165, 1.54) is 5.56 Å². The molecule has 1 heterocycles. The van der Waals surface area contributed by atoms with Crippen molar-refractivity contribution in [3.05, 3.63) is 35.4 Å². The van der Waals surface area contributed by atoms with Gasteiger partial charge in [-0.1, -0.05) is 45.0 Å². The molecular weight excluding hydrogens is 316 g/mol. The number of carbonyl (C=O) groups excluding carboxylic acids is 2. The first-order valence-electron chi connectivity index (χ1n) is 9.07. The number of rotatable bonds is 7. The van der Waals surface area contributed by atoms with Crippen molar-refractivity contribution < 1.29 is 14.3 Å². The SMILES string of the molecule is CC(C)(C)c1ccc(C(=O)CCC(=O)NCCN2CCOCC2)cc1. The summed E-state index contributed by atoms with van der Waals surface area (Å²) in [5, 5.41) is 2.89. The quantitative estimate of drug-likeness (QED) is 0.770. The lowest BCUT2D eigenvalue weighted by atomic mass is 9.86. The molecule has 0 spiro atoms. The summed E-state index contributed by atoms with van der Waals surface area (Å²) in [6, 6.07) is 7.71. The fraction of sp³-hybridized carbons (Fsp3) is 0.600. The molecule has 1 aromatic carbocycles. The van der Waals surface area contributed by atoms with Crippen LogP contribution in [0.25, 0.3) is 0 Å². The maximum absolute atomic E-state index is 12.2. The molecule has 138 valence electrons. The van der Waals surface area contributed by atoms with Crippen molar-refractivity contribution in [2.75, 3.05) is 39.4 Å². The number of Topliss-reactive ketones (excluding diaryl/α,β-unsaturated/α-hetero) is 1. The summed E-state index contributed by atoms with van der Waals surface area (Å²) in [4.78, 5) is 26.4. The number of amides is 1. The molecule has 0 radical (unpaired) electrons. The summed E-state index contributed by atoms with van der Waals surface area (Å²) in [5.41, 5.74) is 1.95. The maximum Gasteiger partial charge on any atom is 0.220 e. The van der Waals surface area contributed by atoms with Gasteiger partial charge in [0.25, 0.3) is 0 Å². The zero-order chi connectivity index (χ0) is 18.3. The Morgan fingerprint density at radius 3 is 2.32 bits per heavy atom. The highest BCUT2D eigenvalue weighted by atomic mass is 16.5. The van der Waals surface area contributed by atoms with Crippen LogP contribution in [-0.2, 0) is 14.9 Å². The second kappa shape index (κ2) is 9.11. The topological polar surface area (TPSA) is 58.6 Å². The lowest BCUT2D eigenvalue weighted by molar-refractivity contribution is -0.121. The van der Waals surface area contributed by atoms with Crippen LogP contribution in [0.2, 0.25) is 0 Å². The van der Waals surface area contributed by atoms with E-state index in [0.29, 0.717) is 12.1 Å². The standard InChI is InChI=1S/C20H30N2O3/c1-20(2,3)17-6-4-16(5-7-17)18(23)8-9-19(24)21-10-11-22-12-14-25-15-13-22/h4-7H,8-15H2,1-3H3,(H,21,24). The smallest absolute Gasteiger partial charge is 0.220 e. The number of ether oxygens (including phenoxy) is 1. The van der Waals surface area contributed by atoms with Gasteiger partial charge in [0, 0.05) is 44.6 Å². The fourth-order valence-electron chi connectivity index (χ4n) is 2.79. The Balaban J connectivity index is 1.69. The van der Waals surface area contributed by atoms with Crippen molar-refractivity contribution in [3.8, 4) is 0 Å². The fourth-order valence-corrected chi connectivity index (χ4v) is 2.79. The van der Waals surface area contributed by atoms with Gasteiger partial charge >= 0.3 is 0 Å². The highest BCUT2D eigenvalue weighted by Gasteiger charge is 2.15. The number of ketones is 1. The van der Waals surface area contributed by atoms with Crippen LogP contribution in [0.5, 0.6) is 0 Å². The molecule has 1 aliphatic heterocycles. The molecule has 0 saturated carbocycles. The van der Waals surface area contributed by atoms with E-state index >= 15 is 0 Å². The molecule has 1 aromatic rings. The lowest BCUT2D eigenvalue weighted by Crippen LogP contribution is -2.41. The Morgan fingerprint density at radius 1 is 1.08 bits per heavy atom. The summed E-state index contributed by atoms with van der Waals surface area (Å²) < 4.78 is 5.29. The molecule has 5 nitrogen and oxygen atoms in total. The van der Waals surface area contributed by atoms with Crippen molar-refractivity contribution >= 4 is 11.7 Å². The van der Waals surface area contributed by atoms with Gasteiger partial charge in [0.1, 0.15) is 0 Å². The molecule has 0 bridgehead atoms. The molecule has 0 aromatic heterocycles. The summed E-state index contributed by atoms with van der Waals surface area (Å²) in [5.74, 6) is -0.0447. The van der Waals surface area contributed by atoms with Crippen molar-refractivity contribution in [2.45, 2.75) is 39.0 Å². The molecule has 1 amide bonds. The highest BCUT2D eigenvalue weighted by molar-refractivity contribution is 5.97. The van der Waals surface area contributed by atoms with Gasteiger partial charge < -0.3 is 10.1 Å². The van der Waals surface area contributed by atoms with E-state index in [4.69, 9.17) is 4.74 Å². The summed E-state index contributed by atoms with van der Waals surface area (Å²) in [7, 11) is 0. The van der Waals surface area contributed by atoms with Crippen LogP contribution >= 0.6 is 0 Å². The largest absolute Gasteiger partial charge is 0.379 e. The molecule has 0 atom stereocenters. The number of hydrogen-bond donors (Lipinski definition) is 1. The molecule has 1 aliphatic rings. The average Bonchev–Trinajstić information content (AvgIpc) is 2.60. The Bertz CT molecular complexity index is 570. The average molecular weight is 346 g/mol. The molecule has 1 N–H and O–H groups in total. The third-order valence-corrected chi connectivity index (χ3v) is 4.51. The molecule has 2 rings (SSSR count). The van der Waals surface area contributed by atoms with Gasteiger partial charge in [0.05, 0.1) is 13.2 Å². The second-order valence-corrected chi connectivity index (χ2v) is 7.55. The first-order valence-corrected chi connectivity index (χ1v) is 9.07. The molecule has 0 unspecified atom stereocenters. The molecule has 1 saturated heterocycles. The van der Waals surface area contributed by atoms with Crippen LogP contribution in [0.4, 0.5) is 0 Å². The lowest BCUT2D eigenvalue weighted by Gasteiger charge is -2.26. The van der Waals surface area contributed by atoms with Crippen LogP contribution < -0.4 is 5.32 Å². The summed E-state index contributed by atoms with van der Waals surface area (Å²) in [6.45, 7) is 11.2. The monoisotopic (exact) mass is 346 g/mol. The first-order chi connectivity index (χ1) is 11.9. The predicted molar refractivity (Wildman–Crippen MR) is 99.0 cm³/mol. The minimum absolute atomic E-state index is 0.0174. The van der Waals surface area contributed by atoms with Crippen molar-refractivity contribution in [3.63, 3.8) is 0 Å². The third kappa shape index (κ3) is 6.59. The normalized spacial score (nSPS) is 15.8.